The highest BCUT2D eigenvalue weighted by atomic mass is 15.3. The molecule has 2 rings (SSSR count). The van der Waals surface area contributed by atoms with Crippen molar-refractivity contribution >= 4 is 11.0 Å². The van der Waals surface area contributed by atoms with Crippen LogP contribution in [0.15, 0.2) is 12.3 Å². The van der Waals surface area contributed by atoms with Crippen molar-refractivity contribution in [1.29, 1.82) is 0 Å². The first-order valence-corrected chi connectivity index (χ1v) is 5.71. The molecule has 2 heterocycles. The first kappa shape index (κ1) is 11.1. The molecule has 4 heteroatoms. The minimum Gasteiger partial charge on any atom is -0.313 e. The number of rotatable bonds is 4. The number of nitrogens with one attached hydrogen (secondary N) is 1. The van der Waals surface area contributed by atoms with Crippen LogP contribution in [0.1, 0.15) is 24.6 Å². The molecule has 0 bridgehead atoms. The molecular formula is C12H18N4. The van der Waals surface area contributed by atoms with Gasteiger partial charge in [-0.1, -0.05) is 6.92 Å². The lowest BCUT2D eigenvalue weighted by molar-refractivity contribution is 0.674. The van der Waals surface area contributed by atoms with Gasteiger partial charge in [0.15, 0.2) is 5.65 Å². The summed E-state index contributed by atoms with van der Waals surface area (Å²) in [7, 11) is 1.93. The van der Waals surface area contributed by atoms with Gasteiger partial charge in [0.2, 0.25) is 0 Å². The number of hydrogen-bond donors (Lipinski definition) is 1. The third kappa shape index (κ3) is 2.07. The smallest absolute Gasteiger partial charge is 0.157 e. The summed E-state index contributed by atoms with van der Waals surface area (Å²) >= 11 is 0. The van der Waals surface area contributed by atoms with Crippen molar-refractivity contribution in [3.8, 4) is 0 Å². The molecule has 0 amide bonds. The van der Waals surface area contributed by atoms with Gasteiger partial charge in [-0.05, 0) is 31.5 Å². The molecule has 0 aliphatic rings. The molecule has 0 atom stereocenters. The molecule has 0 radical (unpaired) electrons. The average Bonchev–Trinajstić information content (AvgIpc) is 2.55. The minimum atomic E-state index is 0.880. The van der Waals surface area contributed by atoms with E-state index >= 15 is 0 Å². The van der Waals surface area contributed by atoms with E-state index in [-0.39, 0.29) is 0 Å². The summed E-state index contributed by atoms with van der Waals surface area (Å²) in [4.78, 5) is 4.44. The van der Waals surface area contributed by atoms with Gasteiger partial charge in [0.25, 0.3) is 0 Å². The molecular weight excluding hydrogens is 200 g/mol. The Morgan fingerprint density at radius 2 is 2.25 bits per heavy atom. The predicted octanol–water partition coefficient (Wildman–Crippen LogP) is 1.78. The standard InChI is InChI=1S/C12H18N4/c1-4-5-13-7-10-6-11-9(2)15-16(3)12(11)14-8-10/h6,8,13H,4-5,7H2,1-3H3. The van der Waals surface area contributed by atoms with Crippen molar-refractivity contribution in [1.82, 2.24) is 20.1 Å². The molecule has 1 N–H and O–H groups in total. The van der Waals surface area contributed by atoms with Gasteiger partial charge >= 0.3 is 0 Å². The minimum absolute atomic E-state index is 0.880. The van der Waals surface area contributed by atoms with Crippen LogP contribution in [0, 0.1) is 6.92 Å². The Labute approximate surface area is 95.7 Å². The summed E-state index contributed by atoms with van der Waals surface area (Å²) in [6.07, 6.45) is 3.08. The summed E-state index contributed by atoms with van der Waals surface area (Å²) in [5.41, 5.74) is 3.22. The van der Waals surface area contributed by atoms with Crippen LogP contribution in [0.4, 0.5) is 0 Å². The molecule has 4 nitrogen and oxygen atoms in total. The summed E-state index contributed by atoms with van der Waals surface area (Å²) in [5, 5.41) is 8.89. The second-order valence-electron chi connectivity index (χ2n) is 4.10. The maximum atomic E-state index is 4.44. The van der Waals surface area contributed by atoms with E-state index < -0.39 is 0 Å². The third-order valence-electron chi connectivity index (χ3n) is 2.68. The molecule has 0 aromatic carbocycles. The van der Waals surface area contributed by atoms with E-state index in [2.05, 4.69) is 28.4 Å². The third-order valence-corrected chi connectivity index (χ3v) is 2.68. The van der Waals surface area contributed by atoms with Gasteiger partial charge in [0.1, 0.15) is 0 Å². The molecule has 0 unspecified atom stereocenters. The zero-order chi connectivity index (χ0) is 11.5. The monoisotopic (exact) mass is 218 g/mol. The molecule has 16 heavy (non-hydrogen) atoms. The van der Waals surface area contributed by atoms with E-state index in [0.29, 0.717) is 0 Å². The van der Waals surface area contributed by atoms with Crippen molar-refractivity contribution in [3.05, 3.63) is 23.5 Å². The van der Waals surface area contributed by atoms with Crippen LogP contribution in [0.3, 0.4) is 0 Å². The first-order valence-electron chi connectivity index (χ1n) is 5.71. The summed E-state index contributed by atoms with van der Waals surface area (Å²) in [6.45, 7) is 6.11. The van der Waals surface area contributed by atoms with Crippen LogP contribution in [-0.2, 0) is 13.6 Å². The Morgan fingerprint density at radius 1 is 1.44 bits per heavy atom. The van der Waals surface area contributed by atoms with E-state index in [4.69, 9.17) is 0 Å². The lowest BCUT2D eigenvalue weighted by atomic mass is 10.2. The van der Waals surface area contributed by atoms with Crippen LogP contribution in [0.2, 0.25) is 0 Å². The Morgan fingerprint density at radius 3 is 3.00 bits per heavy atom. The maximum absolute atomic E-state index is 4.44. The highest BCUT2D eigenvalue weighted by molar-refractivity contribution is 5.78. The summed E-state index contributed by atoms with van der Waals surface area (Å²) < 4.78 is 1.83. The van der Waals surface area contributed by atoms with Gasteiger partial charge < -0.3 is 5.32 Å². The fourth-order valence-corrected chi connectivity index (χ4v) is 1.86. The van der Waals surface area contributed by atoms with Gasteiger partial charge in [-0.15, -0.1) is 0 Å². The normalized spacial score (nSPS) is 11.2. The number of fused-ring (bicyclic) bond motifs is 1. The topological polar surface area (TPSA) is 42.7 Å². The number of nitrogens with zero attached hydrogens (tertiary/aromatic N) is 3. The van der Waals surface area contributed by atoms with Crippen LogP contribution >= 0.6 is 0 Å². The lowest BCUT2D eigenvalue weighted by Crippen LogP contribution is -2.13. The Balaban J connectivity index is 2.25. The lowest BCUT2D eigenvalue weighted by Gasteiger charge is -2.03. The first-order chi connectivity index (χ1) is 7.72. The number of hydrogen-bond acceptors (Lipinski definition) is 3. The molecule has 2 aromatic heterocycles. The van der Waals surface area contributed by atoms with E-state index in [1.165, 1.54) is 5.56 Å². The SMILES string of the molecule is CCCNCc1cnc2c(c1)c(C)nn2C. The molecule has 0 spiro atoms. The van der Waals surface area contributed by atoms with Gasteiger partial charge in [0, 0.05) is 25.2 Å². The quantitative estimate of drug-likeness (QED) is 0.795. The average molecular weight is 218 g/mol. The summed E-state index contributed by atoms with van der Waals surface area (Å²) in [5.74, 6) is 0. The highest BCUT2D eigenvalue weighted by Crippen LogP contribution is 2.16. The van der Waals surface area contributed by atoms with E-state index in [1.54, 1.807) is 0 Å². The van der Waals surface area contributed by atoms with Crippen LogP contribution in [0.5, 0.6) is 0 Å². The van der Waals surface area contributed by atoms with Gasteiger partial charge in [-0.3, -0.25) is 4.68 Å². The molecule has 86 valence electrons. The van der Waals surface area contributed by atoms with Crippen molar-refractivity contribution in [2.24, 2.45) is 7.05 Å². The predicted molar refractivity (Wildman–Crippen MR) is 65.2 cm³/mol. The molecule has 0 aliphatic carbocycles. The van der Waals surface area contributed by atoms with E-state index in [9.17, 15) is 0 Å². The molecule has 0 fully saturated rings. The Hall–Kier alpha value is -1.42. The van der Waals surface area contributed by atoms with Crippen molar-refractivity contribution < 1.29 is 0 Å². The maximum Gasteiger partial charge on any atom is 0.157 e. The largest absolute Gasteiger partial charge is 0.313 e. The molecule has 2 aromatic rings. The zero-order valence-corrected chi connectivity index (χ0v) is 10.1. The van der Waals surface area contributed by atoms with Gasteiger partial charge in [-0.2, -0.15) is 5.10 Å². The zero-order valence-electron chi connectivity index (χ0n) is 10.1. The second-order valence-corrected chi connectivity index (χ2v) is 4.10. The fourth-order valence-electron chi connectivity index (χ4n) is 1.86. The van der Waals surface area contributed by atoms with Gasteiger partial charge in [-0.25, -0.2) is 4.98 Å². The van der Waals surface area contributed by atoms with Crippen LogP contribution in [-0.4, -0.2) is 21.3 Å². The number of aryl methyl sites for hydroxylation is 2. The second kappa shape index (κ2) is 4.61. The van der Waals surface area contributed by atoms with Crippen molar-refractivity contribution in [3.63, 3.8) is 0 Å². The van der Waals surface area contributed by atoms with E-state index in [1.807, 2.05) is 24.9 Å². The fraction of sp³-hybridized carbons (Fsp3) is 0.500. The molecule has 0 aliphatic heterocycles. The Bertz CT molecular complexity index is 487. The van der Waals surface area contributed by atoms with Crippen LogP contribution < -0.4 is 5.32 Å². The van der Waals surface area contributed by atoms with Crippen molar-refractivity contribution in [2.45, 2.75) is 26.8 Å². The molecule has 0 saturated heterocycles. The Kier molecular flexibility index (Phi) is 3.19. The highest BCUT2D eigenvalue weighted by Gasteiger charge is 2.06. The van der Waals surface area contributed by atoms with Crippen LogP contribution in [0.25, 0.3) is 11.0 Å². The van der Waals surface area contributed by atoms with Crippen molar-refractivity contribution in [2.75, 3.05) is 6.54 Å². The molecule has 0 saturated carbocycles. The summed E-state index contributed by atoms with van der Waals surface area (Å²) in [6, 6.07) is 2.17. The number of pyridine rings is 1. The van der Waals surface area contributed by atoms with Gasteiger partial charge in [0.05, 0.1) is 5.69 Å². The van der Waals surface area contributed by atoms with E-state index in [0.717, 1.165) is 36.2 Å². The number of aromatic nitrogens is 3.